The van der Waals surface area contributed by atoms with Crippen LogP contribution in [-0.4, -0.2) is 42.9 Å². The molecule has 2 N–H and O–H groups in total. The summed E-state index contributed by atoms with van der Waals surface area (Å²) in [6.07, 6.45) is 0.224. The maximum absolute atomic E-state index is 12.3. The summed E-state index contributed by atoms with van der Waals surface area (Å²) in [5.41, 5.74) is 3.44. The van der Waals surface area contributed by atoms with Crippen LogP contribution in [0.5, 0.6) is 11.5 Å². The number of carbonyl (C=O) groups excluding carboxylic acids is 5. The highest BCUT2D eigenvalue weighted by Gasteiger charge is 2.25. The van der Waals surface area contributed by atoms with E-state index in [9.17, 15) is 24.0 Å². The van der Waals surface area contributed by atoms with Gasteiger partial charge in [0.1, 0.15) is 0 Å². The molecule has 3 amide bonds. The number of hydrogen-bond acceptors (Lipinski definition) is 8. The van der Waals surface area contributed by atoms with Crippen molar-refractivity contribution in [3.63, 3.8) is 0 Å². The van der Waals surface area contributed by atoms with E-state index in [0.29, 0.717) is 17.2 Å². The number of carbonyl (C=O) groups is 5. The van der Waals surface area contributed by atoms with Crippen molar-refractivity contribution in [3.8, 4) is 11.5 Å². The molecule has 11 heteroatoms. The van der Waals surface area contributed by atoms with Crippen molar-refractivity contribution in [1.82, 2.24) is 5.43 Å². The lowest BCUT2D eigenvalue weighted by atomic mass is 10.1. The fourth-order valence-electron chi connectivity index (χ4n) is 3.27. The Labute approximate surface area is 187 Å². The molecule has 0 atom stereocenters. The molecule has 2 aliphatic heterocycles. The summed E-state index contributed by atoms with van der Waals surface area (Å²) in [4.78, 5) is 60.0. The number of ether oxygens (including phenoxy) is 3. The second kappa shape index (κ2) is 8.99. The average Bonchev–Trinajstić information content (AvgIpc) is 3.26. The Morgan fingerprint density at radius 3 is 2.45 bits per heavy atom. The molecular weight excluding hydrogens is 434 g/mol. The predicted molar refractivity (Wildman–Crippen MR) is 113 cm³/mol. The minimum absolute atomic E-state index is 0.0127. The van der Waals surface area contributed by atoms with Gasteiger partial charge in [0.05, 0.1) is 16.9 Å². The Balaban J connectivity index is 1.36. The van der Waals surface area contributed by atoms with Crippen LogP contribution in [0.15, 0.2) is 36.4 Å². The van der Waals surface area contributed by atoms with E-state index < -0.39 is 18.5 Å². The minimum atomic E-state index is -0.761. The molecule has 2 aromatic rings. The van der Waals surface area contributed by atoms with E-state index in [0.717, 1.165) is 5.01 Å². The fraction of sp³-hybridized carbons (Fsp3) is 0.227. The minimum Gasteiger partial charge on any atom is -0.454 e. The van der Waals surface area contributed by atoms with Gasteiger partial charge in [0.15, 0.2) is 23.9 Å². The third-order valence-corrected chi connectivity index (χ3v) is 4.91. The Morgan fingerprint density at radius 1 is 1.06 bits per heavy atom. The first-order valence-electron chi connectivity index (χ1n) is 9.96. The van der Waals surface area contributed by atoms with Crippen LogP contribution in [0.3, 0.4) is 0 Å². The van der Waals surface area contributed by atoms with E-state index in [2.05, 4.69) is 10.7 Å². The molecule has 2 aliphatic rings. The molecule has 0 saturated carbocycles. The Morgan fingerprint density at radius 2 is 1.76 bits per heavy atom. The van der Waals surface area contributed by atoms with Gasteiger partial charge in [-0.1, -0.05) is 0 Å². The third-order valence-electron chi connectivity index (χ3n) is 4.91. The van der Waals surface area contributed by atoms with Crippen LogP contribution in [0.25, 0.3) is 0 Å². The lowest BCUT2D eigenvalue weighted by Crippen LogP contribution is -2.50. The summed E-state index contributed by atoms with van der Waals surface area (Å²) < 4.78 is 15.5. The molecular formula is C22H19N3O8. The number of anilines is 2. The Bertz CT molecular complexity index is 1160. The van der Waals surface area contributed by atoms with Crippen molar-refractivity contribution in [1.29, 1.82) is 0 Å². The Hall–Kier alpha value is -4.41. The quantitative estimate of drug-likeness (QED) is 0.496. The Kier molecular flexibility index (Phi) is 5.94. The third kappa shape index (κ3) is 4.76. The van der Waals surface area contributed by atoms with Gasteiger partial charge in [0.25, 0.3) is 5.91 Å². The molecule has 2 heterocycles. The molecule has 33 heavy (non-hydrogen) atoms. The summed E-state index contributed by atoms with van der Waals surface area (Å²) in [5.74, 6) is -1.46. The maximum Gasteiger partial charge on any atom is 0.338 e. The molecule has 2 aromatic carbocycles. The van der Waals surface area contributed by atoms with Crippen molar-refractivity contribution in [2.75, 3.05) is 23.7 Å². The number of amides is 3. The van der Waals surface area contributed by atoms with Gasteiger partial charge >= 0.3 is 5.97 Å². The van der Waals surface area contributed by atoms with Crippen molar-refractivity contribution in [2.45, 2.75) is 19.8 Å². The number of Topliss-reactive ketones (excluding diaryl/α,β-unsaturated/α-hetero) is 1. The van der Waals surface area contributed by atoms with Gasteiger partial charge in [-0.25, -0.2) is 9.80 Å². The molecule has 170 valence electrons. The fourth-order valence-corrected chi connectivity index (χ4v) is 3.27. The molecule has 0 unspecified atom stereocenters. The molecule has 0 aromatic heterocycles. The first-order chi connectivity index (χ1) is 15.8. The zero-order chi connectivity index (χ0) is 23.5. The maximum atomic E-state index is 12.3. The molecule has 1 fully saturated rings. The van der Waals surface area contributed by atoms with Crippen molar-refractivity contribution in [3.05, 3.63) is 47.5 Å². The number of nitrogens with one attached hydrogen (secondary N) is 2. The van der Waals surface area contributed by atoms with Crippen LogP contribution >= 0.6 is 0 Å². The molecule has 1 saturated heterocycles. The van der Waals surface area contributed by atoms with E-state index in [-0.39, 0.29) is 54.0 Å². The standard InChI is InChI=1S/C22H19N3O8/c1-12(26)15-8-17-18(33-11-32-17)9-16(15)23-20(28)10-31-22(30)13-2-4-14(5-3-13)25-21(29)7-6-19(27)24-25/h2-5,8-9H,6-7,10-11H2,1H3,(H,23,28)(H,24,27). The summed E-state index contributed by atoms with van der Waals surface area (Å²) in [5, 5.41) is 3.65. The van der Waals surface area contributed by atoms with E-state index in [1.54, 1.807) is 0 Å². The number of benzene rings is 2. The number of hydrazine groups is 1. The topological polar surface area (TPSA) is 140 Å². The number of nitrogens with zero attached hydrogens (tertiary/aromatic N) is 1. The number of esters is 1. The summed E-state index contributed by atoms with van der Waals surface area (Å²) in [6.45, 7) is 0.769. The van der Waals surface area contributed by atoms with Crippen LogP contribution in [0.1, 0.15) is 40.5 Å². The van der Waals surface area contributed by atoms with Crippen molar-refractivity contribution in [2.24, 2.45) is 0 Å². The van der Waals surface area contributed by atoms with Crippen molar-refractivity contribution >= 4 is 40.8 Å². The smallest absolute Gasteiger partial charge is 0.338 e. The summed E-state index contributed by atoms with van der Waals surface area (Å²) >= 11 is 0. The van der Waals surface area contributed by atoms with Gasteiger partial charge in [-0.2, -0.15) is 0 Å². The second-order valence-corrected chi connectivity index (χ2v) is 7.24. The molecule has 0 radical (unpaired) electrons. The van der Waals surface area contributed by atoms with Crippen molar-refractivity contribution < 1.29 is 38.2 Å². The largest absolute Gasteiger partial charge is 0.454 e. The van der Waals surface area contributed by atoms with Gasteiger partial charge < -0.3 is 19.5 Å². The molecule has 0 aliphatic carbocycles. The highest BCUT2D eigenvalue weighted by atomic mass is 16.7. The molecule has 0 spiro atoms. The van der Waals surface area contributed by atoms with Crippen LogP contribution in [0.2, 0.25) is 0 Å². The first-order valence-corrected chi connectivity index (χ1v) is 9.96. The van der Waals surface area contributed by atoms with E-state index >= 15 is 0 Å². The highest BCUT2D eigenvalue weighted by Crippen LogP contribution is 2.37. The zero-order valence-electron chi connectivity index (χ0n) is 17.5. The lowest BCUT2D eigenvalue weighted by molar-refractivity contribution is -0.130. The zero-order valence-corrected chi connectivity index (χ0v) is 17.5. The van der Waals surface area contributed by atoms with Gasteiger partial charge in [0, 0.05) is 24.5 Å². The lowest BCUT2D eigenvalue weighted by Gasteiger charge is -2.27. The van der Waals surface area contributed by atoms with Gasteiger partial charge in [0.2, 0.25) is 18.6 Å². The van der Waals surface area contributed by atoms with Crippen LogP contribution < -0.4 is 25.2 Å². The summed E-state index contributed by atoms with van der Waals surface area (Å²) in [7, 11) is 0. The highest BCUT2D eigenvalue weighted by molar-refractivity contribution is 6.05. The van der Waals surface area contributed by atoms with E-state index in [1.807, 2.05) is 0 Å². The van der Waals surface area contributed by atoms with E-state index in [1.165, 1.54) is 43.3 Å². The number of hydrogen-bond donors (Lipinski definition) is 2. The van der Waals surface area contributed by atoms with Crippen LogP contribution in [0.4, 0.5) is 11.4 Å². The first kappa shape index (κ1) is 21.8. The number of fused-ring (bicyclic) bond motifs is 1. The normalized spacial score (nSPS) is 14.5. The number of rotatable bonds is 6. The van der Waals surface area contributed by atoms with Gasteiger partial charge in [-0.3, -0.25) is 24.6 Å². The SMILES string of the molecule is CC(=O)c1cc2c(cc1NC(=O)COC(=O)c1ccc(N3NC(=O)CCC3=O)cc1)OCO2. The monoisotopic (exact) mass is 453 g/mol. The predicted octanol–water partition coefficient (Wildman–Crippen LogP) is 1.57. The van der Waals surface area contributed by atoms with Crippen LogP contribution in [-0.2, 0) is 19.1 Å². The van der Waals surface area contributed by atoms with Gasteiger partial charge in [-0.05, 0) is 37.3 Å². The molecule has 11 nitrogen and oxygen atoms in total. The number of ketones is 1. The molecule has 0 bridgehead atoms. The molecule has 4 rings (SSSR count). The van der Waals surface area contributed by atoms with E-state index in [4.69, 9.17) is 14.2 Å². The second-order valence-electron chi connectivity index (χ2n) is 7.24. The van der Waals surface area contributed by atoms with Gasteiger partial charge in [-0.15, -0.1) is 0 Å². The average molecular weight is 453 g/mol. The van der Waals surface area contributed by atoms with Crippen LogP contribution in [0, 0.1) is 0 Å². The summed E-state index contributed by atoms with van der Waals surface area (Å²) in [6, 6.07) is 8.73.